The number of rotatable bonds is 3. The molecule has 0 aromatic heterocycles. The maximum Gasteiger partial charge on any atom is 0.0702 e. The number of ether oxygens (including phenoxy) is 1. The van der Waals surface area contributed by atoms with Crippen LogP contribution in [-0.4, -0.2) is 60.8 Å². The third kappa shape index (κ3) is 3.32. The second kappa shape index (κ2) is 6.55. The van der Waals surface area contributed by atoms with Crippen molar-refractivity contribution in [1.82, 2.24) is 9.80 Å². The summed E-state index contributed by atoms with van der Waals surface area (Å²) in [6.45, 7) is 8.46. The SMILES string of the molecule is CCC1CN2CCCCC2CN1CC1CCCCO1. The van der Waals surface area contributed by atoms with Gasteiger partial charge in [-0.15, -0.1) is 0 Å². The van der Waals surface area contributed by atoms with Crippen molar-refractivity contribution in [2.75, 3.05) is 32.8 Å². The second-order valence-electron chi connectivity index (χ2n) is 6.65. The van der Waals surface area contributed by atoms with E-state index in [-0.39, 0.29) is 0 Å². The molecule has 0 spiro atoms. The van der Waals surface area contributed by atoms with Gasteiger partial charge in [-0.2, -0.15) is 0 Å². The summed E-state index contributed by atoms with van der Waals surface area (Å²) in [6.07, 6.45) is 9.98. The Morgan fingerprint density at radius 3 is 2.74 bits per heavy atom. The van der Waals surface area contributed by atoms with Crippen LogP contribution in [-0.2, 0) is 4.74 Å². The van der Waals surface area contributed by atoms with Crippen LogP contribution in [0.25, 0.3) is 0 Å². The van der Waals surface area contributed by atoms with E-state index in [0.29, 0.717) is 6.10 Å². The van der Waals surface area contributed by atoms with Gasteiger partial charge < -0.3 is 4.74 Å². The van der Waals surface area contributed by atoms with Gasteiger partial charge in [0.25, 0.3) is 0 Å². The van der Waals surface area contributed by atoms with Crippen molar-refractivity contribution in [3.8, 4) is 0 Å². The highest BCUT2D eigenvalue weighted by Gasteiger charge is 2.35. The monoisotopic (exact) mass is 266 g/mol. The molecular formula is C16H30N2O. The van der Waals surface area contributed by atoms with Gasteiger partial charge >= 0.3 is 0 Å². The lowest BCUT2D eigenvalue weighted by molar-refractivity contribution is -0.0477. The normalized spacial score (nSPS) is 38.1. The van der Waals surface area contributed by atoms with Crippen LogP contribution < -0.4 is 0 Å². The summed E-state index contributed by atoms with van der Waals surface area (Å²) in [5, 5.41) is 0. The van der Waals surface area contributed by atoms with Gasteiger partial charge in [0.1, 0.15) is 0 Å². The van der Waals surface area contributed by atoms with E-state index in [1.807, 2.05) is 0 Å². The number of hydrogen-bond donors (Lipinski definition) is 0. The Kier molecular flexibility index (Phi) is 4.78. The first kappa shape index (κ1) is 13.8. The Labute approximate surface area is 118 Å². The lowest BCUT2D eigenvalue weighted by Crippen LogP contribution is -2.60. The Hall–Kier alpha value is -0.120. The Morgan fingerprint density at radius 1 is 1.05 bits per heavy atom. The molecule has 3 aliphatic rings. The van der Waals surface area contributed by atoms with Crippen LogP contribution in [0, 0.1) is 0 Å². The van der Waals surface area contributed by atoms with Gasteiger partial charge in [0, 0.05) is 38.3 Å². The molecule has 3 unspecified atom stereocenters. The summed E-state index contributed by atoms with van der Waals surface area (Å²) in [5.74, 6) is 0. The van der Waals surface area contributed by atoms with Crippen molar-refractivity contribution in [3.05, 3.63) is 0 Å². The fourth-order valence-electron chi connectivity index (χ4n) is 4.14. The fraction of sp³-hybridized carbons (Fsp3) is 1.00. The molecule has 0 amide bonds. The average molecular weight is 266 g/mol. The van der Waals surface area contributed by atoms with Crippen molar-refractivity contribution in [3.63, 3.8) is 0 Å². The third-order valence-electron chi connectivity index (χ3n) is 5.34. The second-order valence-corrected chi connectivity index (χ2v) is 6.65. The minimum Gasteiger partial charge on any atom is -0.377 e. The number of piperazine rings is 1. The van der Waals surface area contributed by atoms with Crippen LogP contribution in [0.1, 0.15) is 51.9 Å². The van der Waals surface area contributed by atoms with Gasteiger partial charge in [-0.3, -0.25) is 9.80 Å². The zero-order valence-corrected chi connectivity index (χ0v) is 12.5. The molecule has 0 N–H and O–H groups in total. The molecule has 3 nitrogen and oxygen atoms in total. The molecule has 0 aromatic carbocycles. The molecule has 19 heavy (non-hydrogen) atoms. The quantitative estimate of drug-likeness (QED) is 0.780. The van der Waals surface area contributed by atoms with E-state index in [1.54, 1.807) is 0 Å². The standard InChI is InChI=1S/C16H30N2O/c1-2-14-11-17-9-5-3-7-15(17)12-18(14)13-16-8-4-6-10-19-16/h14-16H,2-13H2,1H3. The summed E-state index contributed by atoms with van der Waals surface area (Å²) in [7, 11) is 0. The third-order valence-corrected chi connectivity index (χ3v) is 5.34. The molecule has 0 bridgehead atoms. The Morgan fingerprint density at radius 2 is 1.95 bits per heavy atom. The molecule has 0 radical (unpaired) electrons. The van der Waals surface area contributed by atoms with Crippen molar-refractivity contribution in [2.45, 2.75) is 70.1 Å². The predicted octanol–water partition coefficient (Wildman–Crippen LogP) is 2.50. The van der Waals surface area contributed by atoms with Gasteiger partial charge in [-0.25, -0.2) is 0 Å². The van der Waals surface area contributed by atoms with Crippen LogP contribution in [0.5, 0.6) is 0 Å². The topological polar surface area (TPSA) is 15.7 Å². The summed E-state index contributed by atoms with van der Waals surface area (Å²) < 4.78 is 5.95. The molecule has 3 aliphatic heterocycles. The number of hydrogen-bond acceptors (Lipinski definition) is 3. The largest absolute Gasteiger partial charge is 0.377 e. The Balaban J connectivity index is 1.58. The molecule has 0 aliphatic carbocycles. The minimum atomic E-state index is 0.512. The highest BCUT2D eigenvalue weighted by molar-refractivity contribution is 4.91. The van der Waals surface area contributed by atoms with Crippen molar-refractivity contribution in [2.24, 2.45) is 0 Å². The fourth-order valence-corrected chi connectivity index (χ4v) is 4.14. The van der Waals surface area contributed by atoms with E-state index in [9.17, 15) is 0 Å². The molecule has 0 saturated carbocycles. The summed E-state index contributed by atoms with van der Waals surface area (Å²) in [6, 6.07) is 1.60. The van der Waals surface area contributed by atoms with Crippen LogP contribution in [0.15, 0.2) is 0 Å². The van der Waals surface area contributed by atoms with Crippen LogP contribution in [0.3, 0.4) is 0 Å². The van der Waals surface area contributed by atoms with Crippen LogP contribution in [0.4, 0.5) is 0 Å². The van der Waals surface area contributed by atoms with E-state index in [2.05, 4.69) is 16.7 Å². The lowest BCUT2D eigenvalue weighted by atomic mass is 9.95. The molecule has 0 aromatic rings. The lowest BCUT2D eigenvalue weighted by Gasteiger charge is -2.49. The summed E-state index contributed by atoms with van der Waals surface area (Å²) in [4.78, 5) is 5.51. The molecule has 110 valence electrons. The zero-order valence-electron chi connectivity index (χ0n) is 12.5. The molecule has 3 atom stereocenters. The van der Waals surface area contributed by atoms with E-state index < -0.39 is 0 Å². The van der Waals surface area contributed by atoms with Gasteiger partial charge in [0.05, 0.1) is 6.10 Å². The zero-order chi connectivity index (χ0) is 13.1. The van der Waals surface area contributed by atoms with E-state index in [4.69, 9.17) is 4.74 Å². The highest BCUT2D eigenvalue weighted by atomic mass is 16.5. The van der Waals surface area contributed by atoms with Gasteiger partial charge in [0.15, 0.2) is 0 Å². The van der Waals surface area contributed by atoms with Crippen LogP contribution >= 0.6 is 0 Å². The number of piperidine rings is 1. The van der Waals surface area contributed by atoms with Gasteiger partial charge in [-0.05, 0) is 45.1 Å². The van der Waals surface area contributed by atoms with Crippen molar-refractivity contribution < 1.29 is 4.74 Å². The maximum atomic E-state index is 5.95. The summed E-state index contributed by atoms with van der Waals surface area (Å²) in [5.41, 5.74) is 0. The molecule has 3 fully saturated rings. The van der Waals surface area contributed by atoms with E-state index in [1.165, 1.54) is 71.1 Å². The first-order chi connectivity index (χ1) is 9.36. The molecule has 3 heterocycles. The minimum absolute atomic E-state index is 0.512. The van der Waals surface area contributed by atoms with Crippen molar-refractivity contribution in [1.29, 1.82) is 0 Å². The Bertz CT molecular complexity index is 276. The molecule has 3 rings (SSSR count). The average Bonchev–Trinajstić information content (AvgIpc) is 2.47. The molecule has 3 saturated heterocycles. The number of fused-ring (bicyclic) bond motifs is 1. The molecule has 3 heteroatoms. The first-order valence-corrected chi connectivity index (χ1v) is 8.46. The smallest absolute Gasteiger partial charge is 0.0702 e. The maximum absolute atomic E-state index is 5.95. The van der Waals surface area contributed by atoms with E-state index >= 15 is 0 Å². The van der Waals surface area contributed by atoms with Gasteiger partial charge in [-0.1, -0.05) is 13.3 Å². The van der Waals surface area contributed by atoms with E-state index in [0.717, 1.165) is 18.7 Å². The summed E-state index contributed by atoms with van der Waals surface area (Å²) >= 11 is 0. The molecular weight excluding hydrogens is 236 g/mol. The first-order valence-electron chi connectivity index (χ1n) is 8.46. The predicted molar refractivity (Wildman–Crippen MR) is 78.5 cm³/mol. The van der Waals surface area contributed by atoms with Crippen molar-refractivity contribution >= 4 is 0 Å². The number of nitrogens with zero attached hydrogens (tertiary/aromatic N) is 2. The van der Waals surface area contributed by atoms with Crippen LogP contribution in [0.2, 0.25) is 0 Å². The van der Waals surface area contributed by atoms with Gasteiger partial charge in [0.2, 0.25) is 0 Å². The highest BCUT2D eigenvalue weighted by Crippen LogP contribution is 2.26.